The first-order chi connectivity index (χ1) is 11.5. The third kappa shape index (κ3) is 2.77. The van der Waals surface area contributed by atoms with Gasteiger partial charge < -0.3 is 13.8 Å². The molecule has 0 amide bonds. The highest BCUT2D eigenvalue weighted by Crippen LogP contribution is 2.22. The van der Waals surface area contributed by atoms with Crippen molar-refractivity contribution in [2.24, 2.45) is 14.1 Å². The number of aromatic nitrogens is 7. The highest BCUT2D eigenvalue weighted by Gasteiger charge is 2.24. The van der Waals surface area contributed by atoms with E-state index in [1.54, 1.807) is 31.9 Å². The minimum atomic E-state index is -0.500. The summed E-state index contributed by atoms with van der Waals surface area (Å²) in [5.41, 5.74) is 2.21. The first-order valence-electron chi connectivity index (χ1n) is 7.37. The molecular formula is C14H17N7O3. The lowest BCUT2D eigenvalue weighted by atomic mass is 10.1. The fraction of sp³-hybridized carbons (Fsp3) is 0.429. The van der Waals surface area contributed by atoms with Gasteiger partial charge in [0.25, 0.3) is 0 Å². The Morgan fingerprint density at radius 3 is 2.79 bits per heavy atom. The molecule has 0 spiro atoms. The van der Waals surface area contributed by atoms with E-state index in [1.807, 2.05) is 11.6 Å². The molecule has 0 unspecified atom stereocenters. The predicted octanol–water partition coefficient (Wildman–Crippen LogP) is 0.675. The van der Waals surface area contributed by atoms with Gasteiger partial charge in [-0.15, -0.1) is 5.10 Å². The van der Waals surface area contributed by atoms with E-state index < -0.39 is 5.97 Å². The Kier molecular flexibility index (Phi) is 4.11. The Labute approximate surface area is 137 Å². The summed E-state index contributed by atoms with van der Waals surface area (Å²) < 4.78 is 13.4. The van der Waals surface area contributed by atoms with E-state index in [9.17, 15) is 4.79 Å². The number of hydrogen-bond acceptors (Lipinski definition) is 8. The molecule has 0 aliphatic carbocycles. The molecule has 3 aromatic rings. The van der Waals surface area contributed by atoms with Crippen LogP contribution in [-0.4, -0.2) is 47.3 Å². The number of carbonyl (C=O) groups excluding carboxylic acids is 1. The van der Waals surface area contributed by atoms with Gasteiger partial charge in [-0.05, 0) is 6.92 Å². The SMILES string of the molecule is CCOC(=O)c1nnn(C)c1Cc1c(-c2noc(C)n2)ncn1C. The van der Waals surface area contributed by atoms with Gasteiger partial charge in [0.1, 0.15) is 5.69 Å². The molecular weight excluding hydrogens is 314 g/mol. The Bertz CT molecular complexity index is 877. The number of hydrogen-bond donors (Lipinski definition) is 0. The molecule has 3 aromatic heterocycles. The predicted molar refractivity (Wildman–Crippen MR) is 81.0 cm³/mol. The van der Waals surface area contributed by atoms with E-state index in [0.29, 0.717) is 29.5 Å². The van der Waals surface area contributed by atoms with Gasteiger partial charge >= 0.3 is 5.97 Å². The molecule has 0 saturated heterocycles. The highest BCUT2D eigenvalue weighted by molar-refractivity contribution is 5.88. The van der Waals surface area contributed by atoms with Crippen LogP contribution >= 0.6 is 0 Å². The summed E-state index contributed by atoms with van der Waals surface area (Å²) in [6.07, 6.45) is 2.03. The maximum Gasteiger partial charge on any atom is 0.360 e. The fourth-order valence-corrected chi connectivity index (χ4v) is 2.34. The molecule has 0 fully saturated rings. The standard InChI is InChI=1S/C14H17N7O3/c1-5-23-14(22)12-10(21(4)19-17-12)6-9-11(15-7-20(9)3)13-16-8(2)24-18-13/h7H,5-6H2,1-4H3. The third-order valence-corrected chi connectivity index (χ3v) is 3.55. The summed E-state index contributed by atoms with van der Waals surface area (Å²) in [5.74, 6) is 0.353. The van der Waals surface area contributed by atoms with Crippen molar-refractivity contribution in [2.75, 3.05) is 6.61 Å². The van der Waals surface area contributed by atoms with Crippen molar-refractivity contribution in [3.05, 3.63) is 29.3 Å². The van der Waals surface area contributed by atoms with E-state index in [2.05, 4.69) is 25.4 Å². The number of imidazole rings is 1. The van der Waals surface area contributed by atoms with E-state index >= 15 is 0 Å². The molecule has 0 atom stereocenters. The second kappa shape index (κ2) is 6.22. The minimum Gasteiger partial charge on any atom is -0.461 e. The average Bonchev–Trinajstić information content (AvgIpc) is 3.22. The van der Waals surface area contributed by atoms with Gasteiger partial charge in [0, 0.05) is 27.4 Å². The monoisotopic (exact) mass is 331 g/mol. The lowest BCUT2D eigenvalue weighted by Gasteiger charge is -2.06. The Morgan fingerprint density at radius 1 is 1.33 bits per heavy atom. The van der Waals surface area contributed by atoms with Crippen molar-refractivity contribution < 1.29 is 14.1 Å². The van der Waals surface area contributed by atoms with Crippen LogP contribution in [0.15, 0.2) is 10.9 Å². The van der Waals surface area contributed by atoms with Gasteiger partial charge in [-0.2, -0.15) is 4.98 Å². The van der Waals surface area contributed by atoms with Gasteiger partial charge in [-0.25, -0.2) is 9.78 Å². The molecule has 0 bridgehead atoms. The van der Waals surface area contributed by atoms with Crippen LogP contribution < -0.4 is 0 Å². The quantitative estimate of drug-likeness (QED) is 0.627. The fourth-order valence-electron chi connectivity index (χ4n) is 2.34. The topological polar surface area (TPSA) is 114 Å². The minimum absolute atomic E-state index is 0.191. The largest absolute Gasteiger partial charge is 0.461 e. The summed E-state index contributed by atoms with van der Waals surface area (Å²) in [4.78, 5) is 20.6. The van der Waals surface area contributed by atoms with Gasteiger partial charge in [0.2, 0.25) is 11.7 Å². The summed E-state index contributed by atoms with van der Waals surface area (Å²) >= 11 is 0. The second-order valence-electron chi connectivity index (χ2n) is 5.19. The van der Waals surface area contributed by atoms with Crippen LogP contribution in [0.1, 0.15) is 34.7 Å². The maximum absolute atomic E-state index is 12.1. The normalized spacial score (nSPS) is 11.0. The zero-order chi connectivity index (χ0) is 17.3. The van der Waals surface area contributed by atoms with Crippen LogP contribution in [0, 0.1) is 6.92 Å². The number of aryl methyl sites for hydroxylation is 3. The molecule has 0 N–H and O–H groups in total. The Balaban J connectivity index is 2.00. The van der Waals surface area contributed by atoms with E-state index in [1.165, 1.54) is 0 Å². The smallest absolute Gasteiger partial charge is 0.360 e. The van der Waals surface area contributed by atoms with E-state index in [-0.39, 0.29) is 12.3 Å². The number of rotatable bonds is 5. The summed E-state index contributed by atoms with van der Waals surface area (Å²) in [5, 5.41) is 11.7. The zero-order valence-electron chi connectivity index (χ0n) is 13.8. The number of ether oxygens (including phenoxy) is 1. The van der Waals surface area contributed by atoms with Crippen LogP contribution in [0.25, 0.3) is 11.5 Å². The molecule has 0 aliphatic rings. The molecule has 3 rings (SSSR count). The zero-order valence-corrected chi connectivity index (χ0v) is 13.8. The second-order valence-corrected chi connectivity index (χ2v) is 5.19. The first kappa shape index (κ1) is 15.8. The highest BCUT2D eigenvalue weighted by atomic mass is 16.5. The van der Waals surface area contributed by atoms with Gasteiger partial charge in [-0.1, -0.05) is 10.4 Å². The van der Waals surface area contributed by atoms with Crippen LogP contribution in [0.4, 0.5) is 0 Å². The van der Waals surface area contributed by atoms with Crippen LogP contribution in [0.5, 0.6) is 0 Å². The van der Waals surface area contributed by atoms with Crippen LogP contribution in [0.3, 0.4) is 0 Å². The van der Waals surface area contributed by atoms with E-state index in [0.717, 1.165) is 5.69 Å². The maximum atomic E-state index is 12.1. The van der Waals surface area contributed by atoms with E-state index in [4.69, 9.17) is 9.26 Å². The molecule has 0 aromatic carbocycles. The average molecular weight is 331 g/mol. The molecule has 3 heterocycles. The van der Waals surface area contributed by atoms with Gasteiger partial charge in [0.05, 0.1) is 24.3 Å². The van der Waals surface area contributed by atoms with Crippen molar-refractivity contribution in [1.82, 2.24) is 34.7 Å². The number of esters is 1. The molecule has 10 nitrogen and oxygen atoms in total. The van der Waals surface area contributed by atoms with Crippen LogP contribution in [0.2, 0.25) is 0 Å². The molecule has 0 aliphatic heterocycles. The summed E-state index contributed by atoms with van der Waals surface area (Å²) in [6, 6.07) is 0. The summed E-state index contributed by atoms with van der Waals surface area (Å²) in [6.45, 7) is 3.72. The van der Waals surface area contributed by atoms with Crippen LogP contribution in [-0.2, 0) is 25.3 Å². The van der Waals surface area contributed by atoms with Crippen molar-refractivity contribution >= 4 is 5.97 Å². The summed E-state index contributed by atoms with van der Waals surface area (Å²) in [7, 11) is 3.58. The Morgan fingerprint density at radius 2 is 2.12 bits per heavy atom. The lowest BCUT2D eigenvalue weighted by Crippen LogP contribution is -2.12. The Hall–Kier alpha value is -3.04. The third-order valence-electron chi connectivity index (χ3n) is 3.55. The first-order valence-corrected chi connectivity index (χ1v) is 7.37. The van der Waals surface area contributed by atoms with Crippen molar-refractivity contribution in [2.45, 2.75) is 20.3 Å². The molecule has 0 saturated carbocycles. The lowest BCUT2D eigenvalue weighted by molar-refractivity contribution is 0.0518. The molecule has 126 valence electrons. The molecule has 10 heteroatoms. The van der Waals surface area contributed by atoms with Gasteiger partial charge in [-0.3, -0.25) is 4.68 Å². The number of carbonyl (C=O) groups is 1. The van der Waals surface area contributed by atoms with Crippen molar-refractivity contribution in [3.8, 4) is 11.5 Å². The van der Waals surface area contributed by atoms with Gasteiger partial charge in [0.15, 0.2) is 5.69 Å². The van der Waals surface area contributed by atoms with Crippen molar-refractivity contribution in [1.29, 1.82) is 0 Å². The molecule has 0 radical (unpaired) electrons. The van der Waals surface area contributed by atoms with Crippen molar-refractivity contribution in [3.63, 3.8) is 0 Å². The number of nitrogens with zero attached hydrogens (tertiary/aromatic N) is 7. The molecule has 24 heavy (non-hydrogen) atoms.